The number of fused-ring (bicyclic) bond motifs is 2. The molecule has 4 rings (SSSR count). The summed E-state index contributed by atoms with van der Waals surface area (Å²) in [5.41, 5.74) is 0.478. The Hall–Kier alpha value is -1.33. The third-order valence-corrected chi connectivity index (χ3v) is 6.33. The number of para-hydroxylation sites is 1. The molecule has 24 heavy (non-hydrogen) atoms. The predicted octanol–water partition coefficient (Wildman–Crippen LogP) is 2.15. The molecule has 9 heteroatoms. The molecule has 3 heterocycles. The molecule has 1 aromatic heterocycles. The van der Waals surface area contributed by atoms with Crippen molar-refractivity contribution in [1.29, 1.82) is 0 Å². The third-order valence-electron chi connectivity index (χ3n) is 3.63. The smallest absolute Gasteiger partial charge is 0.276 e. The number of nitrogens with one attached hydrogen (secondary N) is 1. The summed E-state index contributed by atoms with van der Waals surface area (Å²) in [6.45, 7) is 0. The average Bonchev–Trinajstić information content (AvgIpc) is 2.92. The van der Waals surface area contributed by atoms with Crippen molar-refractivity contribution in [2.45, 2.75) is 6.17 Å². The summed E-state index contributed by atoms with van der Waals surface area (Å²) in [7, 11) is 0. The fourth-order valence-corrected chi connectivity index (χ4v) is 3.68. The number of nitrogens with zero attached hydrogens (tertiary/aromatic N) is 3. The topological polar surface area (TPSA) is 70.2 Å². The zero-order chi connectivity index (χ0) is 16.8. The SMILES string of the molecule is CSC1=NN2C(=c3ccccc3=NC2c2cc(Br)c(I)o2)C(=O)N1. The molecule has 2 aliphatic heterocycles. The second kappa shape index (κ2) is 6.19. The molecule has 6 nitrogen and oxygen atoms in total. The molecule has 1 atom stereocenters. The number of hydrogen-bond acceptors (Lipinski definition) is 6. The van der Waals surface area contributed by atoms with Gasteiger partial charge in [0, 0.05) is 27.8 Å². The van der Waals surface area contributed by atoms with E-state index in [-0.39, 0.29) is 5.91 Å². The highest BCUT2D eigenvalue weighted by atomic mass is 127. The Bertz CT molecular complexity index is 984. The number of amides is 1. The van der Waals surface area contributed by atoms with Gasteiger partial charge in [-0.1, -0.05) is 30.0 Å². The normalized spacial score (nSPS) is 19.2. The van der Waals surface area contributed by atoms with Crippen LogP contribution in [-0.4, -0.2) is 22.3 Å². The Balaban J connectivity index is 1.99. The minimum absolute atomic E-state index is 0.193. The Kier molecular flexibility index (Phi) is 4.17. The monoisotopic (exact) mass is 516 g/mol. The van der Waals surface area contributed by atoms with Crippen molar-refractivity contribution < 1.29 is 9.21 Å². The van der Waals surface area contributed by atoms with Crippen molar-refractivity contribution in [1.82, 2.24) is 10.3 Å². The highest BCUT2D eigenvalue weighted by molar-refractivity contribution is 14.1. The molecule has 1 aromatic carbocycles. The Labute approximate surface area is 163 Å². The van der Waals surface area contributed by atoms with Crippen LogP contribution in [0.25, 0.3) is 5.70 Å². The highest BCUT2D eigenvalue weighted by Crippen LogP contribution is 2.34. The lowest BCUT2D eigenvalue weighted by Gasteiger charge is -2.32. The number of hydrazone groups is 1. The number of hydrogen-bond donors (Lipinski definition) is 1. The fraction of sp³-hybridized carbons (Fsp3) is 0.133. The molecule has 0 radical (unpaired) electrons. The largest absolute Gasteiger partial charge is 0.450 e. The van der Waals surface area contributed by atoms with Gasteiger partial charge in [-0.15, -0.1) is 5.10 Å². The zero-order valence-corrected chi connectivity index (χ0v) is 16.8. The number of carbonyl (C=O) groups excluding carboxylic acids is 1. The van der Waals surface area contributed by atoms with Gasteiger partial charge in [0.1, 0.15) is 5.70 Å². The number of benzene rings is 1. The Morgan fingerprint density at radius 2 is 2.21 bits per heavy atom. The zero-order valence-electron chi connectivity index (χ0n) is 12.3. The minimum Gasteiger partial charge on any atom is -0.450 e. The van der Waals surface area contributed by atoms with E-state index >= 15 is 0 Å². The first kappa shape index (κ1) is 16.2. The van der Waals surface area contributed by atoms with E-state index in [0.29, 0.717) is 16.6 Å². The van der Waals surface area contributed by atoms with Crippen LogP contribution in [0, 0.1) is 3.77 Å². The van der Waals surface area contributed by atoms with Crippen molar-refractivity contribution in [3.05, 3.63) is 54.9 Å². The lowest BCUT2D eigenvalue weighted by molar-refractivity contribution is -0.116. The van der Waals surface area contributed by atoms with Gasteiger partial charge in [-0.05, 0) is 34.3 Å². The molecule has 0 aliphatic carbocycles. The number of rotatable bonds is 1. The lowest BCUT2D eigenvalue weighted by Crippen LogP contribution is -2.50. The molecule has 0 saturated carbocycles. The Morgan fingerprint density at radius 1 is 1.42 bits per heavy atom. The molecular weight excluding hydrogens is 507 g/mol. The minimum atomic E-state index is -0.525. The first-order valence-corrected chi connectivity index (χ1v) is 10.0. The number of furan rings is 1. The molecule has 0 spiro atoms. The van der Waals surface area contributed by atoms with Crippen molar-refractivity contribution in [3.63, 3.8) is 0 Å². The van der Waals surface area contributed by atoms with Crippen molar-refractivity contribution in [3.8, 4) is 0 Å². The second-order valence-electron chi connectivity index (χ2n) is 5.05. The van der Waals surface area contributed by atoms with Gasteiger partial charge >= 0.3 is 0 Å². The van der Waals surface area contributed by atoms with Crippen LogP contribution in [0.15, 0.2) is 49.3 Å². The van der Waals surface area contributed by atoms with Gasteiger partial charge in [-0.25, -0.2) is 10.0 Å². The number of thioether (sulfide) groups is 1. The average molecular weight is 517 g/mol. The van der Waals surface area contributed by atoms with Crippen LogP contribution in [0.2, 0.25) is 0 Å². The van der Waals surface area contributed by atoms with Crippen molar-refractivity contribution >= 4 is 67.1 Å². The van der Waals surface area contributed by atoms with Crippen LogP contribution in [-0.2, 0) is 4.79 Å². The van der Waals surface area contributed by atoms with Gasteiger partial charge in [0.25, 0.3) is 5.91 Å². The van der Waals surface area contributed by atoms with Crippen molar-refractivity contribution in [2.24, 2.45) is 10.1 Å². The molecule has 1 unspecified atom stereocenters. The van der Waals surface area contributed by atoms with Crippen LogP contribution in [0.5, 0.6) is 0 Å². The first-order valence-electron chi connectivity index (χ1n) is 6.93. The summed E-state index contributed by atoms with van der Waals surface area (Å²) in [5, 5.41) is 11.0. The molecule has 0 fully saturated rings. The van der Waals surface area contributed by atoms with Crippen LogP contribution in [0.1, 0.15) is 11.9 Å². The van der Waals surface area contributed by atoms with E-state index in [9.17, 15) is 4.79 Å². The summed E-state index contributed by atoms with van der Waals surface area (Å²) in [6, 6.07) is 9.40. The van der Waals surface area contributed by atoms with E-state index in [0.717, 1.165) is 18.8 Å². The molecule has 0 saturated heterocycles. The molecule has 2 aliphatic rings. The predicted molar refractivity (Wildman–Crippen MR) is 103 cm³/mol. The summed E-state index contributed by atoms with van der Waals surface area (Å²) >= 11 is 6.93. The van der Waals surface area contributed by atoms with Gasteiger partial charge in [-0.2, -0.15) is 0 Å². The van der Waals surface area contributed by atoms with E-state index in [4.69, 9.17) is 9.41 Å². The standard InChI is InChI=1S/C15H10BrIN4O2S/c1-24-15-19-14(22)11-7-4-2-3-5-9(7)18-13(21(11)20-15)10-6-8(16)12(17)23-10/h2-6,13H,1H3,(H,19,20,22). The molecule has 2 aromatic rings. The van der Waals surface area contributed by atoms with E-state index in [2.05, 4.69) is 48.9 Å². The van der Waals surface area contributed by atoms with E-state index in [1.54, 1.807) is 5.01 Å². The quantitative estimate of drug-likeness (QED) is 0.590. The highest BCUT2D eigenvalue weighted by Gasteiger charge is 2.35. The van der Waals surface area contributed by atoms with E-state index in [1.807, 2.05) is 36.6 Å². The molecular formula is C15H10BrIN4O2S. The van der Waals surface area contributed by atoms with Crippen molar-refractivity contribution in [2.75, 3.05) is 6.26 Å². The maximum absolute atomic E-state index is 12.6. The van der Waals surface area contributed by atoms with E-state index < -0.39 is 6.17 Å². The molecule has 1 N–H and O–H groups in total. The third kappa shape index (κ3) is 2.58. The van der Waals surface area contributed by atoms with Gasteiger partial charge in [0.15, 0.2) is 14.7 Å². The second-order valence-corrected chi connectivity index (χ2v) is 7.68. The maximum atomic E-state index is 12.6. The van der Waals surface area contributed by atoms with Gasteiger partial charge in [-0.3, -0.25) is 10.1 Å². The number of halogens is 2. The van der Waals surface area contributed by atoms with Crippen LogP contribution < -0.4 is 15.9 Å². The van der Waals surface area contributed by atoms with Gasteiger partial charge in [0.05, 0.1) is 9.83 Å². The molecule has 122 valence electrons. The summed E-state index contributed by atoms with van der Waals surface area (Å²) < 4.78 is 7.39. The molecule has 0 bridgehead atoms. The number of amidine groups is 1. The first-order chi connectivity index (χ1) is 11.6. The van der Waals surface area contributed by atoms with Gasteiger partial charge < -0.3 is 4.42 Å². The fourth-order valence-electron chi connectivity index (χ4n) is 2.60. The van der Waals surface area contributed by atoms with E-state index in [1.165, 1.54) is 11.8 Å². The van der Waals surface area contributed by atoms with Crippen LogP contribution in [0.4, 0.5) is 0 Å². The Morgan fingerprint density at radius 3 is 2.92 bits per heavy atom. The van der Waals surface area contributed by atoms with Crippen LogP contribution >= 0.6 is 50.3 Å². The summed E-state index contributed by atoms with van der Waals surface area (Å²) in [6.07, 6.45) is 1.34. The summed E-state index contributed by atoms with van der Waals surface area (Å²) in [4.78, 5) is 17.4. The lowest BCUT2D eigenvalue weighted by atomic mass is 10.1. The molecule has 1 amide bonds. The maximum Gasteiger partial charge on any atom is 0.276 e. The van der Waals surface area contributed by atoms with Gasteiger partial charge in [0.2, 0.25) is 6.17 Å². The number of carbonyl (C=O) groups is 1. The van der Waals surface area contributed by atoms with Crippen LogP contribution in [0.3, 0.4) is 0 Å². The summed E-state index contributed by atoms with van der Waals surface area (Å²) in [5.74, 6) is 0.430.